The molecule has 0 spiro atoms. The number of hydrazine groups is 1. The number of hydrogen-bond acceptors (Lipinski definition) is 4. The van der Waals surface area contributed by atoms with E-state index >= 15 is 0 Å². The van der Waals surface area contributed by atoms with Crippen LogP contribution in [0.5, 0.6) is 0 Å². The molecule has 162 valence electrons. The van der Waals surface area contributed by atoms with Gasteiger partial charge >= 0.3 is 6.09 Å². The van der Waals surface area contributed by atoms with Gasteiger partial charge in [0.25, 0.3) is 0 Å². The number of unbranched alkanes of at least 4 members (excludes halogenated alkanes) is 3. The molecule has 3 amide bonds. The summed E-state index contributed by atoms with van der Waals surface area (Å²) < 4.78 is 0. The smallest absolute Gasteiger partial charge is 0.426 e. The van der Waals surface area contributed by atoms with E-state index in [1.807, 2.05) is 37.3 Å². The van der Waals surface area contributed by atoms with E-state index < -0.39 is 17.9 Å². The Balaban J connectivity index is 2.73. The molecule has 0 unspecified atom stereocenters. The van der Waals surface area contributed by atoms with Crippen molar-refractivity contribution in [1.82, 2.24) is 15.5 Å². The van der Waals surface area contributed by atoms with Gasteiger partial charge in [0.2, 0.25) is 12.3 Å². The van der Waals surface area contributed by atoms with Crippen LogP contribution in [0.25, 0.3) is 0 Å². The number of amides is 3. The third-order valence-corrected chi connectivity index (χ3v) is 4.50. The van der Waals surface area contributed by atoms with Gasteiger partial charge < -0.3 is 5.11 Å². The third-order valence-electron chi connectivity index (χ3n) is 4.50. The highest BCUT2D eigenvalue weighted by molar-refractivity contribution is 5.81. The summed E-state index contributed by atoms with van der Waals surface area (Å²) in [5.74, 6) is -0.985. The first kappa shape index (κ1) is 24.4. The number of nitrogens with one attached hydrogen (secondary N) is 1. The lowest BCUT2D eigenvalue weighted by Gasteiger charge is -2.26. The molecule has 1 atom stereocenters. The van der Waals surface area contributed by atoms with Crippen molar-refractivity contribution in [3.8, 4) is 0 Å². The summed E-state index contributed by atoms with van der Waals surface area (Å²) >= 11 is 0. The lowest BCUT2D eigenvalue weighted by molar-refractivity contribution is -0.182. The van der Waals surface area contributed by atoms with Crippen molar-refractivity contribution in [2.24, 2.45) is 5.92 Å². The van der Waals surface area contributed by atoms with E-state index in [4.69, 9.17) is 4.84 Å². The molecule has 0 radical (unpaired) electrons. The van der Waals surface area contributed by atoms with Gasteiger partial charge in [-0.15, -0.1) is 0 Å². The van der Waals surface area contributed by atoms with Crippen LogP contribution in [0.3, 0.4) is 0 Å². The summed E-state index contributed by atoms with van der Waals surface area (Å²) in [6.07, 6.45) is 4.10. The summed E-state index contributed by atoms with van der Waals surface area (Å²) in [6, 6.07) is 9.41. The van der Waals surface area contributed by atoms with Gasteiger partial charge in [-0.1, -0.05) is 69.9 Å². The van der Waals surface area contributed by atoms with E-state index in [0.29, 0.717) is 19.3 Å². The number of nitrogens with zero attached hydrogens (tertiary/aromatic N) is 2. The summed E-state index contributed by atoms with van der Waals surface area (Å²) in [6.45, 7) is 4.50. The van der Waals surface area contributed by atoms with Crippen molar-refractivity contribution < 1.29 is 24.3 Å². The number of rotatable bonds is 14. The Morgan fingerprint density at radius 1 is 1.14 bits per heavy atom. The van der Waals surface area contributed by atoms with Gasteiger partial charge in [-0.2, -0.15) is 0 Å². The molecule has 0 fully saturated rings. The molecule has 0 saturated heterocycles. The summed E-state index contributed by atoms with van der Waals surface area (Å²) in [5, 5.41) is 11.3. The van der Waals surface area contributed by atoms with Crippen molar-refractivity contribution in [2.45, 2.75) is 59.0 Å². The van der Waals surface area contributed by atoms with Gasteiger partial charge in [-0.05, 0) is 18.4 Å². The van der Waals surface area contributed by atoms with Gasteiger partial charge in [-0.25, -0.2) is 14.9 Å². The molecule has 0 aliphatic carbocycles. The van der Waals surface area contributed by atoms with E-state index in [-0.39, 0.29) is 19.7 Å². The molecular weight excluding hydrogens is 374 g/mol. The number of hydrogen-bond donors (Lipinski definition) is 2. The van der Waals surface area contributed by atoms with Gasteiger partial charge in [0.15, 0.2) is 0 Å². The monoisotopic (exact) mass is 407 g/mol. The van der Waals surface area contributed by atoms with E-state index in [1.165, 1.54) is 0 Å². The highest BCUT2D eigenvalue weighted by Gasteiger charge is 2.25. The highest BCUT2D eigenvalue weighted by atomic mass is 16.7. The average Bonchev–Trinajstić information content (AvgIpc) is 2.73. The van der Waals surface area contributed by atoms with E-state index in [2.05, 4.69) is 12.3 Å². The van der Waals surface area contributed by atoms with Gasteiger partial charge in [0, 0.05) is 6.54 Å². The summed E-state index contributed by atoms with van der Waals surface area (Å²) in [5.41, 5.74) is 3.38. The minimum atomic E-state index is -1.20. The summed E-state index contributed by atoms with van der Waals surface area (Å²) in [7, 11) is 0. The maximum Gasteiger partial charge on any atom is 0.426 e. The van der Waals surface area contributed by atoms with Gasteiger partial charge in [0.05, 0.1) is 12.5 Å². The second-order valence-electron chi connectivity index (χ2n) is 6.92. The van der Waals surface area contributed by atoms with Crippen molar-refractivity contribution in [3.63, 3.8) is 0 Å². The fraction of sp³-hybridized carbons (Fsp3) is 0.571. The number of carbonyl (C=O) groups is 3. The molecule has 8 nitrogen and oxygen atoms in total. The van der Waals surface area contributed by atoms with Crippen molar-refractivity contribution in [1.29, 1.82) is 0 Å². The minimum absolute atomic E-state index is 0.0626. The minimum Gasteiger partial charge on any atom is -0.464 e. The first-order valence-corrected chi connectivity index (χ1v) is 10.2. The zero-order chi connectivity index (χ0) is 21.5. The first-order valence-electron chi connectivity index (χ1n) is 10.2. The predicted molar refractivity (Wildman–Crippen MR) is 109 cm³/mol. The molecule has 0 aliphatic heterocycles. The standard InChI is InChI=1S/C21H33N3O5/c1-3-5-8-13-19(20(26)22-24(21(27)28)14-6-4-2)15-23(17-25)29-16-18-11-9-7-10-12-18/h7,9-12,17,19H,3-6,8,13-16H2,1-2H3,(H,22,26)(H,27,28)/t19-/m1/s1. The maximum absolute atomic E-state index is 12.7. The van der Waals surface area contributed by atoms with Crippen LogP contribution >= 0.6 is 0 Å². The SMILES string of the molecule is CCCCC[C@H](CN(C=O)OCc1ccccc1)C(=O)NN(CCCC)C(=O)O. The average molecular weight is 408 g/mol. The molecule has 0 aliphatic rings. The first-order chi connectivity index (χ1) is 14.0. The second kappa shape index (κ2) is 14.4. The Kier molecular flexibility index (Phi) is 12.1. The largest absolute Gasteiger partial charge is 0.464 e. The Morgan fingerprint density at radius 2 is 1.83 bits per heavy atom. The molecule has 2 N–H and O–H groups in total. The van der Waals surface area contributed by atoms with Crippen LogP contribution in [-0.2, 0) is 21.0 Å². The maximum atomic E-state index is 12.7. The van der Waals surface area contributed by atoms with Crippen LogP contribution < -0.4 is 5.43 Å². The van der Waals surface area contributed by atoms with E-state index in [9.17, 15) is 19.5 Å². The van der Waals surface area contributed by atoms with Crippen LogP contribution in [0.15, 0.2) is 30.3 Å². The molecule has 0 saturated carbocycles. The molecule has 8 heteroatoms. The van der Waals surface area contributed by atoms with Crippen LogP contribution in [-0.4, -0.2) is 46.7 Å². The van der Waals surface area contributed by atoms with E-state index in [0.717, 1.165) is 41.3 Å². The van der Waals surface area contributed by atoms with Crippen LogP contribution in [0, 0.1) is 5.92 Å². The molecular formula is C21H33N3O5. The molecule has 0 heterocycles. The Labute approximate surface area is 172 Å². The number of carbonyl (C=O) groups excluding carboxylic acids is 2. The Bertz CT molecular complexity index is 612. The van der Waals surface area contributed by atoms with Crippen LogP contribution in [0.4, 0.5) is 4.79 Å². The third kappa shape index (κ3) is 9.94. The van der Waals surface area contributed by atoms with Crippen LogP contribution in [0.2, 0.25) is 0 Å². The highest BCUT2D eigenvalue weighted by Crippen LogP contribution is 2.14. The summed E-state index contributed by atoms with van der Waals surface area (Å²) in [4.78, 5) is 41.1. The Hall–Kier alpha value is -2.61. The fourth-order valence-electron chi connectivity index (χ4n) is 2.76. The number of carboxylic acid groups (broad SMARTS) is 1. The molecule has 29 heavy (non-hydrogen) atoms. The van der Waals surface area contributed by atoms with Gasteiger partial charge in [-0.3, -0.25) is 19.9 Å². The van der Waals surface area contributed by atoms with Crippen LogP contribution in [0.1, 0.15) is 57.9 Å². The van der Waals surface area contributed by atoms with E-state index in [1.54, 1.807) is 0 Å². The zero-order valence-corrected chi connectivity index (χ0v) is 17.4. The van der Waals surface area contributed by atoms with Crippen molar-refractivity contribution in [2.75, 3.05) is 13.1 Å². The zero-order valence-electron chi connectivity index (χ0n) is 17.4. The van der Waals surface area contributed by atoms with Crippen molar-refractivity contribution >= 4 is 18.4 Å². The van der Waals surface area contributed by atoms with Crippen molar-refractivity contribution in [3.05, 3.63) is 35.9 Å². The number of hydroxylamine groups is 2. The topological polar surface area (TPSA) is 99.2 Å². The lowest BCUT2D eigenvalue weighted by Crippen LogP contribution is -2.50. The Morgan fingerprint density at radius 3 is 2.41 bits per heavy atom. The molecule has 0 bridgehead atoms. The molecule has 1 aromatic rings. The second-order valence-corrected chi connectivity index (χ2v) is 6.92. The molecule has 1 aromatic carbocycles. The predicted octanol–water partition coefficient (Wildman–Crippen LogP) is 3.58. The normalized spacial score (nSPS) is 11.5. The number of benzene rings is 1. The molecule has 1 rings (SSSR count). The lowest BCUT2D eigenvalue weighted by atomic mass is 10.0. The fourth-order valence-corrected chi connectivity index (χ4v) is 2.76. The quantitative estimate of drug-likeness (QED) is 0.279. The molecule has 0 aromatic heterocycles. The van der Waals surface area contributed by atoms with Gasteiger partial charge in [0.1, 0.15) is 6.61 Å².